The highest BCUT2D eigenvalue weighted by Crippen LogP contribution is 2.41. The first-order valence-corrected chi connectivity index (χ1v) is 5.82. The number of rotatable bonds is 1. The van der Waals surface area contributed by atoms with Gasteiger partial charge in [-0.05, 0) is 31.5 Å². The van der Waals surface area contributed by atoms with Gasteiger partial charge in [0.1, 0.15) is 5.60 Å². The first kappa shape index (κ1) is 11.7. The molecule has 86 valence electrons. The van der Waals surface area contributed by atoms with E-state index >= 15 is 0 Å². The number of halogens is 2. The van der Waals surface area contributed by atoms with Gasteiger partial charge in [-0.15, -0.1) is 0 Å². The molecule has 0 spiro atoms. The first-order valence-electron chi connectivity index (χ1n) is 5.07. The van der Waals surface area contributed by atoms with E-state index < -0.39 is 5.60 Å². The summed E-state index contributed by atoms with van der Waals surface area (Å²) in [6.07, 6.45) is 0.394. The molecular weight excluding hydrogens is 247 g/mol. The van der Waals surface area contributed by atoms with E-state index in [0.717, 1.165) is 5.56 Å². The van der Waals surface area contributed by atoms with Crippen molar-refractivity contribution in [3.8, 4) is 0 Å². The largest absolute Gasteiger partial charge is 0.459 e. The second-order valence-electron chi connectivity index (χ2n) is 4.51. The number of esters is 1. The molecule has 16 heavy (non-hydrogen) atoms. The van der Waals surface area contributed by atoms with Crippen molar-refractivity contribution in [2.45, 2.75) is 31.8 Å². The minimum atomic E-state index is -0.478. The van der Waals surface area contributed by atoms with Gasteiger partial charge in [-0.3, -0.25) is 4.79 Å². The number of ether oxygens (including phenoxy) is 1. The Balaban J connectivity index is 2.37. The van der Waals surface area contributed by atoms with Gasteiger partial charge < -0.3 is 4.74 Å². The van der Waals surface area contributed by atoms with Crippen LogP contribution in [0.2, 0.25) is 10.0 Å². The van der Waals surface area contributed by atoms with E-state index in [0.29, 0.717) is 16.5 Å². The van der Waals surface area contributed by atoms with Crippen molar-refractivity contribution in [2.24, 2.45) is 0 Å². The van der Waals surface area contributed by atoms with Gasteiger partial charge >= 0.3 is 5.97 Å². The number of hydrogen-bond acceptors (Lipinski definition) is 2. The monoisotopic (exact) mass is 258 g/mol. The van der Waals surface area contributed by atoms with Crippen molar-refractivity contribution in [1.82, 2.24) is 0 Å². The van der Waals surface area contributed by atoms with Crippen LogP contribution in [0, 0.1) is 0 Å². The van der Waals surface area contributed by atoms with Crippen molar-refractivity contribution in [3.05, 3.63) is 33.8 Å². The molecular formula is C12H12Cl2O2. The highest BCUT2D eigenvalue weighted by Gasteiger charge is 2.42. The molecule has 2 rings (SSSR count). The van der Waals surface area contributed by atoms with Crippen LogP contribution in [0.15, 0.2) is 18.2 Å². The predicted molar refractivity (Wildman–Crippen MR) is 64.0 cm³/mol. The molecule has 1 aliphatic rings. The Morgan fingerprint density at radius 2 is 2.00 bits per heavy atom. The molecule has 0 bridgehead atoms. The minimum absolute atomic E-state index is 0.0368. The number of hydrogen-bond donors (Lipinski definition) is 0. The van der Waals surface area contributed by atoms with Crippen LogP contribution in [-0.4, -0.2) is 11.6 Å². The third-order valence-electron chi connectivity index (χ3n) is 2.93. The summed E-state index contributed by atoms with van der Waals surface area (Å²) in [6.45, 7) is 3.82. The average molecular weight is 259 g/mol. The van der Waals surface area contributed by atoms with Crippen molar-refractivity contribution in [2.75, 3.05) is 0 Å². The SMILES string of the molecule is CC1(C)OC(=O)CC1c1ccc(Cl)c(Cl)c1. The molecule has 0 saturated carbocycles. The van der Waals surface area contributed by atoms with Gasteiger partial charge in [0.15, 0.2) is 0 Å². The third-order valence-corrected chi connectivity index (χ3v) is 3.67. The summed E-state index contributed by atoms with van der Waals surface area (Å²) >= 11 is 11.8. The van der Waals surface area contributed by atoms with Crippen LogP contribution in [-0.2, 0) is 9.53 Å². The van der Waals surface area contributed by atoms with E-state index in [1.807, 2.05) is 19.9 Å². The number of carbonyl (C=O) groups is 1. The van der Waals surface area contributed by atoms with E-state index in [1.165, 1.54) is 0 Å². The Kier molecular flexibility index (Phi) is 2.89. The zero-order chi connectivity index (χ0) is 11.9. The predicted octanol–water partition coefficient (Wildman–Crippen LogP) is 3.80. The van der Waals surface area contributed by atoms with E-state index in [1.54, 1.807) is 12.1 Å². The average Bonchev–Trinajstić information content (AvgIpc) is 2.44. The lowest BCUT2D eigenvalue weighted by atomic mass is 9.84. The Morgan fingerprint density at radius 1 is 1.31 bits per heavy atom. The summed E-state index contributed by atoms with van der Waals surface area (Å²) in [5.41, 5.74) is 0.513. The molecule has 1 saturated heterocycles. The smallest absolute Gasteiger partial charge is 0.307 e. The van der Waals surface area contributed by atoms with Gasteiger partial charge in [0.05, 0.1) is 16.5 Å². The zero-order valence-corrected chi connectivity index (χ0v) is 10.6. The Labute approximate surface area is 104 Å². The van der Waals surface area contributed by atoms with Gasteiger partial charge in [0.25, 0.3) is 0 Å². The fourth-order valence-corrected chi connectivity index (χ4v) is 2.37. The van der Waals surface area contributed by atoms with Gasteiger partial charge in [0.2, 0.25) is 0 Å². The number of carbonyl (C=O) groups excluding carboxylic acids is 1. The molecule has 2 nitrogen and oxygen atoms in total. The molecule has 1 aromatic carbocycles. The Morgan fingerprint density at radius 3 is 2.50 bits per heavy atom. The van der Waals surface area contributed by atoms with Gasteiger partial charge in [-0.1, -0.05) is 29.3 Å². The van der Waals surface area contributed by atoms with Crippen LogP contribution in [0.1, 0.15) is 31.7 Å². The van der Waals surface area contributed by atoms with Gasteiger partial charge in [-0.2, -0.15) is 0 Å². The van der Waals surface area contributed by atoms with Crippen molar-refractivity contribution < 1.29 is 9.53 Å². The van der Waals surface area contributed by atoms with E-state index in [-0.39, 0.29) is 11.9 Å². The molecule has 1 fully saturated rings. The summed E-state index contributed by atoms with van der Waals surface area (Å²) in [7, 11) is 0. The Hall–Kier alpha value is -0.730. The summed E-state index contributed by atoms with van der Waals surface area (Å²) in [6, 6.07) is 5.44. The van der Waals surface area contributed by atoms with Crippen LogP contribution >= 0.6 is 23.2 Å². The maximum absolute atomic E-state index is 11.3. The van der Waals surface area contributed by atoms with Crippen LogP contribution in [0.3, 0.4) is 0 Å². The summed E-state index contributed by atoms with van der Waals surface area (Å²) < 4.78 is 5.27. The highest BCUT2D eigenvalue weighted by atomic mass is 35.5. The maximum atomic E-state index is 11.3. The van der Waals surface area contributed by atoms with Crippen molar-refractivity contribution in [1.29, 1.82) is 0 Å². The number of benzene rings is 1. The maximum Gasteiger partial charge on any atom is 0.307 e. The third kappa shape index (κ3) is 2.04. The molecule has 4 heteroatoms. The summed E-state index contributed by atoms with van der Waals surface area (Å²) in [4.78, 5) is 11.3. The molecule has 0 radical (unpaired) electrons. The quantitative estimate of drug-likeness (QED) is 0.717. The van der Waals surface area contributed by atoms with Crippen molar-refractivity contribution >= 4 is 29.2 Å². The molecule has 1 aromatic rings. The van der Waals surface area contributed by atoms with Gasteiger partial charge in [0, 0.05) is 5.92 Å². The standard InChI is InChI=1S/C12H12Cl2O2/c1-12(2)8(6-11(15)16-12)7-3-4-9(13)10(14)5-7/h3-5,8H,6H2,1-2H3. The Bertz CT molecular complexity index is 441. The molecule has 1 aliphatic heterocycles. The summed E-state index contributed by atoms with van der Waals surface area (Å²) in [5.74, 6) is -0.129. The second kappa shape index (κ2) is 3.94. The second-order valence-corrected chi connectivity index (χ2v) is 5.32. The van der Waals surface area contributed by atoms with Gasteiger partial charge in [-0.25, -0.2) is 0 Å². The molecule has 1 atom stereocenters. The van der Waals surface area contributed by atoms with Crippen molar-refractivity contribution in [3.63, 3.8) is 0 Å². The fraction of sp³-hybridized carbons (Fsp3) is 0.417. The lowest BCUT2D eigenvalue weighted by Gasteiger charge is -2.25. The molecule has 0 aromatic heterocycles. The molecule has 0 amide bonds. The van der Waals surface area contributed by atoms with E-state index in [9.17, 15) is 4.79 Å². The van der Waals surface area contributed by atoms with Crippen LogP contribution in [0.5, 0.6) is 0 Å². The van der Waals surface area contributed by atoms with Crippen LogP contribution in [0.25, 0.3) is 0 Å². The topological polar surface area (TPSA) is 26.3 Å². The molecule has 0 aliphatic carbocycles. The molecule has 0 N–H and O–H groups in total. The number of cyclic esters (lactones) is 1. The normalized spacial score (nSPS) is 23.2. The fourth-order valence-electron chi connectivity index (χ4n) is 2.07. The zero-order valence-electron chi connectivity index (χ0n) is 9.09. The molecule has 1 heterocycles. The first-order chi connectivity index (χ1) is 7.40. The lowest BCUT2D eigenvalue weighted by Crippen LogP contribution is -2.25. The van der Waals surface area contributed by atoms with Crippen LogP contribution in [0.4, 0.5) is 0 Å². The van der Waals surface area contributed by atoms with E-state index in [4.69, 9.17) is 27.9 Å². The van der Waals surface area contributed by atoms with E-state index in [2.05, 4.69) is 0 Å². The van der Waals surface area contributed by atoms with Crippen LogP contribution < -0.4 is 0 Å². The highest BCUT2D eigenvalue weighted by molar-refractivity contribution is 6.42. The molecule has 1 unspecified atom stereocenters. The minimum Gasteiger partial charge on any atom is -0.459 e. The lowest BCUT2D eigenvalue weighted by molar-refractivity contribution is -0.146. The summed E-state index contributed by atoms with van der Waals surface area (Å²) in [5, 5.41) is 1.03.